The van der Waals surface area contributed by atoms with Crippen molar-refractivity contribution in [2.45, 2.75) is 41.5 Å². The second-order valence-electron chi connectivity index (χ2n) is 7.25. The van der Waals surface area contributed by atoms with Gasteiger partial charge in [0.2, 0.25) is 0 Å². The summed E-state index contributed by atoms with van der Waals surface area (Å²) >= 11 is 0. The Morgan fingerprint density at radius 2 is 1.14 bits per heavy atom. The molecular formula is C28H38O8. The minimum atomic E-state index is -0.340. The van der Waals surface area contributed by atoms with Crippen LogP contribution >= 0.6 is 0 Å². The molecule has 0 heterocycles. The zero-order chi connectivity index (χ0) is 26.5. The lowest BCUT2D eigenvalue weighted by Crippen LogP contribution is -2.10. The first-order chi connectivity index (χ1) is 17.5. The normalized spacial score (nSPS) is 10.8. The molecule has 0 saturated heterocycles. The summed E-state index contributed by atoms with van der Waals surface area (Å²) in [5, 5.41) is 0. The molecule has 0 aromatic heterocycles. The maximum absolute atomic E-state index is 13.7. The fourth-order valence-electron chi connectivity index (χ4n) is 3.59. The molecule has 0 unspecified atom stereocenters. The van der Waals surface area contributed by atoms with Gasteiger partial charge >= 0.3 is 0 Å². The Balaban J connectivity index is 2.70. The Morgan fingerprint density at radius 1 is 0.639 bits per heavy atom. The van der Waals surface area contributed by atoms with E-state index in [2.05, 4.69) is 0 Å². The molecule has 2 aromatic rings. The predicted molar refractivity (Wildman–Crippen MR) is 140 cm³/mol. The molecule has 198 valence electrons. The minimum Gasteiger partial charge on any atom is -0.494 e. The van der Waals surface area contributed by atoms with Crippen LogP contribution in [0.1, 0.15) is 57.5 Å². The Kier molecular flexibility index (Phi) is 11.8. The number of ketones is 1. The van der Waals surface area contributed by atoms with Gasteiger partial charge in [-0.25, -0.2) is 0 Å². The molecule has 0 N–H and O–H groups in total. The number of carbonyl (C=O) groups excluding carboxylic acids is 1. The van der Waals surface area contributed by atoms with Crippen LogP contribution in [-0.4, -0.2) is 52.5 Å². The van der Waals surface area contributed by atoms with E-state index in [0.29, 0.717) is 85.5 Å². The summed E-state index contributed by atoms with van der Waals surface area (Å²) in [4.78, 5) is 13.7. The van der Waals surface area contributed by atoms with Gasteiger partial charge in [0.1, 0.15) is 11.3 Å². The third-order valence-electron chi connectivity index (χ3n) is 4.88. The standard InChI is InChI=1S/C28H38O8/c1-8-31-20-16-19(26(34-11-4)22(17-20)30-7)14-15-21(29)25-27(35-12-5)23(32-9-2)18-24(33-10-3)28(25)36-13-6/h14-18H,8-13H2,1-7H3/b15-14+. The molecule has 0 fully saturated rings. The first kappa shape index (κ1) is 28.7. The van der Waals surface area contributed by atoms with Crippen molar-refractivity contribution in [3.63, 3.8) is 0 Å². The van der Waals surface area contributed by atoms with E-state index in [4.69, 9.17) is 33.2 Å². The molecule has 8 nitrogen and oxygen atoms in total. The highest BCUT2D eigenvalue weighted by molar-refractivity contribution is 6.12. The number of hydrogen-bond acceptors (Lipinski definition) is 8. The van der Waals surface area contributed by atoms with Crippen LogP contribution in [0.3, 0.4) is 0 Å². The summed E-state index contributed by atoms with van der Waals surface area (Å²) in [5.41, 5.74) is 0.866. The zero-order valence-electron chi connectivity index (χ0n) is 22.4. The summed E-state index contributed by atoms with van der Waals surface area (Å²) in [6.45, 7) is 13.6. The SMILES string of the molecule is CCOc1cc(/C=C/C(=O)c2c(OCC)c(OCC)cc(OCC)c2OCC)c(OCC)c(OC)c1. The van der Waals surface area contributed by atoms with E-state index < -0.39 is 0 Å². The largest absolute Gasteiger partial charge is 0.494 e. The second kappa shape index (κ2) is 14.8. The first-order valence-electron chi connectivity index (χ1n) is 12.4. The van der Waals surface area contributed by atoms with Crippen LogP contribution < -0.4 is 33.2 Å². The van der Waals surface area contributed by atoms with Gasteiger partial charge in [-0.2, -0.15) is 0 Å². The van der Waals surface area contributed by atoms with Crippen LogP contribution in [0.4, 0.5) is 0 Å². The molecule has 2 aromatic carbocycles. The molecule has 36 heavy (non-hydrogen) atoms. The lowest BCUT2D eigenvalue weighted by atomic mass is 10.0. The second-order valence-corrected chi connectivity index (χ2v) is 7.25. The molecule has 0 aliphatic carbocycles. The van der Waals surface area contributed by atoms with E-state index in [0.717, 1.165) is 0 Å². The van der Waals surface area contributed by atoms with E-state index in [9.17, 15) is 4.79 Å². The molecule has 0 amide bonds. The summed E-state index contributed by atoms with van der Waals surface area (Å²) in [6, 6.07) is 5.26. The molecule has 8 heteroatoms. The van der Waals surface area contributed by atoms with Gasteiger partial charge < -0.3 is 33.2 Å². The van der Waals surface area contributed by atoms with Crippen molar-refractivity contribution in [1.82, 2.24) is 0 Å². The molecule has 2 rings (SSSR count). The van der Waals surface area contributed by atoms with Crippen molar-refractivity contribution in [1.29, 1.82) is 0 Å². The van der Waals surface area contributed by atoms with Gasteiger partial charge in [-0.3, -0.25) is 4.79 Å². The molecule has 0 bridgehead atoms. The molecule has 0 saturated carbocycles. The Bertz CT molecular complexity index is 995. The van der Waals surface area contributed by atoms with Crippen molar-refractivity contribution in [2.75, 3.05) is 46.8 Å². The van der Waals surface area contributed by atoms with Crippen molar-refractivity contribution >= 4 is 11.9 Å². The maximum atomic E-state index is 13.7. The van der Waals surface area contributed by atoms with Crippen LogP contribution in [0.15, 0.2) is 24.3 Å². The highest BCUT2D eigenvalue weighted by atomic mass is 16.5. The minimum absolute atomic E-state index is 0.232. The predicted octanol–water partition coefficient (Wildman–Crippen LogP) is 5.98. The van der Waals surface area contributed by atoms with Gasteiger partial charge in [0.25, 0.3) is 0 Å². The van der Waals surface area contributed by atoms with E-state index in [-0.39, 0.29) is 11.3 Å². The highest BCUT2D eigenvalue weighted by Gasteiger charge is 2.27. The molecule has 0 aliphatic heterocycles. The van der Waals surface area contributed by atoms with Gasteiger partial charge in [-0.05, 0) is 59.8 Å². The van der Waals surface area contributed by atoms with Crippen molar-refractivity contribution in [2.24, 2.45) is 0 Å². The van der Waals surface area contributed by atoms with Crippen LogP contribution in [0, 0.1) is 0 Å². The molecule has 0 radical (unpaired) electrons. The lowest BCUT2D eigenvalue weighted by Gasteiger charge is -2.20. The number of carbonyl (C=O) groups is 1. The van der Waals surface area contributed by atoms with E-state index >= 15 is 0 Å². The Morgan fingerprint density at radius 3 is 1.61 bits per heavy atom. The molecular weight excluding hydrogens is 464 g/mol. The van der Waals surface area contributed by atoms with Gasteiger partial charge in [-0.15, -0.1) is 0 Å². The lowest BCUT2D eigenvalue weighted by molar-refractivity contribution is 0.103. The smallest absolute Gasteiger partial charge is 0.193 e. The monoisotopic (exact) mass is 502 g/mol. The zero-order valence-corrected chi connectivity index (χ0v) is 22.4. The summed E-state index contributed by atoms with van der Waals surface area (Å²) in [5.74, 6) is 2.74. The average molecular weight is 503 g/mol. The van der Waals surface area contributed by atoms with Crippen LogP contribution in [-0.2, 0) is 0 Å². The number of ether oxygens (including phenoxy) is 7. The fourth-order valence-corrected chi connectivity index (χ4v) is 3.59. The third kappa shape index (κ3) is 6.99. The summed E-state index contributed by atoms with van der Waals surface area (Å²) in [6.07, 6.45) is 3.11. The first-order valence-corrected chi connectivity index (χ1v) is 12.4. The van der Waals surface area contributed by atoms with Gasteiger partial charge in [0.15, 0.2) is 40.3 Å². The summed E-state index contributed by atoms with van der Waals surface area (Å²) in [7, 11) is 1.56. The molecule has 0 atom stereocenters. The number of benzene rings is 2. The van der Waals surface area contributed by atoms with Crippen molar-refractivity contribution < 1.29 is 38.0 Å². The van der Waals surface area contributed by atoms with Crippen LogP contribution in [0.25, 0.3) is 6.08 Å². The molecule has 0 spiro atoms. The van der Waals surface area contributed by atoms with E-state index in [1.54, 1.807) is 31.4 Å². The van der Waals surface area contributed by atoms with E-state index in [1.165, 1.54) is 6.08 Å². The third-order valence-corrected chi connectivity index (χ3v) is 4.88. The van der Waals surface area contributed by atoms with E-state index in [1.807, 2.05) is 41.5 Å². The number of methoxy groups -OCH3 is 1. The average Bonchev–Trinajstić information content (AvgIpc) is 2.86. The maximum Gasteiger partial charge on any atom is 0.193 e. The highest BCUT2D eigenvalue weighted by Crippen LogP contribution is 2.46. The van der Waals surface area contributed by atoms with Gasteiger partial charge in [0, 0.05) is 17.7 Å². The number of rotatable bonds is 16. The van der Waals surface area contributed by atoms with Crippen molar-refractivity contribution in [3.8, 4) is 40.2 Å². The Hall–Kier alpha value is -3.55. The molecule has 0 aliphatic rings. The van der Waals surface area contributed by atoms with Crippen LogP contribution in [0.5, 0.6) is 40.2 Å². The number of allylic oxidation sites excluding steroid dienone is 1. The van der Waals surface area contributed by atoms with Crippen LogP contribution in [0.2, 0.25) is 0 Å². The van der Waals surface area contributed by atoms with Gasteiger partial charge in [-0.1, -0.05) is 0 Å². The Labute approximate surface area is 214 Å². The number of hydrogen-bond donors (Lipinski definition) is 0. The van der Waals surface area contributed by atoms with Crippen molar-refractivity contribution in [3.05, 3.63) is 35.4 Å². The summed E-state index contributed by atoms with van der Waals surface area (Å²) < 4.78 is 40.4. The fraction of sp³-hybridized carbons (Fsp3) is 0.464. The quantitative estimate of drug-likeness (QED) is 0.205. The topological polar surface area (TPSA) is 81.7 Å². The van der Waals surface area contributed by atoms with Gasteiger partial charge in [0.05, 0.1) is 46.8 Å².